The van der Waals surface area contributed by atoms with Crippen LogP contribution >= 0.6 is 39.5 Å². The monoisotopic (exact) mass is 341 g/mol. The number of nitrogens with one attached hydrogen (secondary N) is 1. The molecule has 0 bridgehead atoms. The first-order chi connectivity index (χ1) is 8.66. The van der Waals surface area contributed by atoms with Crippen LogP contribution in [-0.2, 0) is 6.42 Å². The average molecular weight is 342 g/mol. The lowest BCUT2D eigenvalue weighted by Crippen LogP contribution is -2.16. The second-order valence-electron chi connectivity index (χ2n) is 3.65. The molecule has 3 N–H and O–H groups in total. The summed E-state index contributed by atoms with van der Waals surface area (Å²) in [4.78, 5) is 5.82. The Labute approximate surface area is 124 Å². The molecule has 0 saturated carbocycles. The summed E-state index contributed by atoms with van der Waals surface area (Å²) in [5, 5.41) is 3.31. The van der Waals surface area contributed by atoms with Crippen LogP contribution in [0.2, 0.25) is 0 Å². The van der Waals surface area contributed by atoms with Crippen molar-refractivity contribution in [3.05, 3.63) is 44.8 Å². The summed E-state index contributed by atoms with van der Waals surface area (Å²) in [7, 11) is 0. The Morgan fingerprint density at radius 2 is 2.28 bits per heavy atom. The van der Waals surface area contributed by atoms with Crippen molar-refractivity contribution in [2.24, 2.45) is 5.73 Å². The third-order valence-corrected chi connectivity index (χ3v) is 4.23. The van der Waals surface area contributed by atoms with Crippen LogP contribution in [0.15, 0.2) is 34.2 Å². The van der Waals surface area contributed by atoms with Crippen molar-refractivity contribution in [2.75, 3.05) is 11.9 Å². The highest BCUT2D eigenvalue weighted by molar-refractivity contribution is 9.11. The van der Waals surface area contributed by atoms with Crippen molar-refractivity contribution in [1.82, 2.24) is 4.98 Å². The van der Waals surface area contributed by atoms with Gasteiger partial charge in [-0.2, -0.15) is 0 Å². The number of thiophene rings is 1. The number of pyridine rings is 1. The summed E-state index contributed by atoms with van der Waals surface area (Å²) in [6.07, 6.45) is 2.65. The first-order valence-electron chi connectivity index (χ1n) is 5.39. The van der Waals surface area contributed by atoms with Crippen molar-refractivity contribution < 1.29 is 0 Å². The molecule has 0 aliphatic carbocycles. The van der Waals surface area contributed by atoms with E-state index in [4.69, 9.17) is 18.0 Å². The van der Waals surface area contributed by atoms with Gasteiger partial charge in [0.05, 0.1) is 9.47 Å². The lowest BCUT2D eigenvalue weighted by atomic mass is 10.2. The van der Waals surface area contributed by atoms with Crippen molar-refractivity contribution in [1.29, 1.82) is 0 Å². The Bertz CT molecular complexity index is 554. The van der Waals surface area contributed by atoms with Gasteiger partial charge >= 0.3 is 0 Å². The second-order valence-corrected chi connectivity index (χ2v) is 6.63. The molecule has 0 amide bonds. The van der Waals surface area contributed by atoms with Gasteiger partial charge in [0.1, 0.15) is 10.7 Å². The van der Waals surface area contributed by atoms with Gasteiger partial charge in [0.25, 0.3) is 0 Å². The molecule has 0 aliphatic rings. The highest BCUT2D eigenvalue weighted by atomic mass is 79.9. The quantitative estimate of drug-likeness (QED) is 0.820. The summed E-state index contributed by atoms with van der Waals surface area (Å²) in [6, 6.07) is 7.98. The molecule has 0 radical (unpaired) electrons. The van der Waals surface area contributed by atoms with E-state index in [0.717, 1.165) is 22.4 Å². The molecule has 6 heteroatoms. The van der Waals surface area contributed by atoms with Gasteiger partial charge < -0.3 is 11.1 Å². The van der Waals surface area contributed by atoms with Crippen LogP contribution in [0.3, 0.4) is 0 Å². The minimum Gasteiger partial charge on any atom is -0.388 e. The standard InChI is InChI=1S/C12H12BrN3S2/c13-10-4-3-8(18-10)5-7-15-9-2-1-6-16-11(9)12(14)17/h1-4,6,15H,5,7H2,(H2,14,17). The van der Waals surface area contributed by atoms with Crippen LogP contribution in [-0.4, -0.2) is 16.5 Å². The van der Waals surface area contributed by atoms with E-state index in [2.05, 4.69) is 38.4 Å². The van der Waals surface area contributed by atoms with E-state index >= 15 is 0 Å². The van der Waals surface area contributed by atoms with E-state index in [0.29, 0.717) is 10.7 Å². The minimum atomic E-state index is 0.317. The molecule has 3 nitrogen and oxygen atoms in total. The van der Waals surface area contributed by atoms with E-state index < -0.39 is 0 Å². The highest BCUT2D eigenvalue weighted by Gasteiger charge is 2.05. The van der Waals surface area contributed by atoms with E-state index in [1.54, 1.807) is 17.5 Å². The SMILES string of the molecule is NC(=S)c1ncccc1NCCc1ccc(Br)s1. The molecule has 2 aromatic heterocycles. The number of hydrogen-bond acceptors (Lipinski definition) is 4. The molecule has 0 unspecified atom stereocenters. The van der Waals surface area contributed by atoms with Crippen LogP contribution in [0.1, 0.15) is 10.6 Å². The van der Waals surface area contributed by atoms with Crippen LogP contribution in [0, 0.1) is 0 Å². The van der Waals surface area contributed by atoms with Crippen LogP contribution in [0.4, 0.5) is 5.69 Å². The van der Waals surface area contributed by atoms with Crippen molar-refractivity contribution in [3.8, 4) is 0 Å². The number of rotatable bonds is 5. The summed E-state index contributed by atoms with van der Waals surface area (Å²) in [5.41, 5.74) is 7.17. The second kappa shape index (κ2) is 6.26. The van der Waals surface area contributed by atoms with Gasteiger partial charge in [-0.05, 0) is 46.6 Å². The maximum atomic E-state index is 5.63. The van der Waals surface area contributed by atoms with Gasteiger partial charge in [0.15, 0.2) is 0 Å². The number of thiocarbonyl (C=S) groups is 1. The first kappa shape index (κ1) is 13.5. The Hall–Kier alpha value is -0.980. The maximum absolute atomic E-state index is 5.63. The molecule has 0 aromatic carbocycles. The molecule has 94 valence electrons. The molecule has 0 saturated heterocycles. The third-order valence-electron chi connectivity index (χ3n) is 2.36. The summed E-state index contributed by atoms with van der Waals surface area (Å²) in [6.45, 7) is 0.828. The van der Waals surface area contributed by atoms with Gasteiger partial charge in [-0.3, -0.25) is 4.98 Å². The fourth-order valence-electron chi connectivity index (χ4n) is 1.55. The largest absolute Gasteiger partial charge is 0.388 e. The molecule has 2 rings (SSSR count). The van der Waals surface area contributed by atoms with Crippen molar-refractivity contribution >= 4 is 50.2 Å². The Morgan fingerprint density at radius 3 is 2.94 bits per heavy atom. The Balaban J connectivity index is 1.96. The third kappa shape index (κ3) is 3.51. The van der Waals surface area contributed by atoms with Crippen molar-refractivity contribution in [2.45, 2.75) is 6.42 Å². The van der Waals surface area contributed by atoms with E-state index in [9.17, 15) is 0 Å². The predicted molar refractivity (Wildman–Crippen MR) is 84.3 cm³/mol. The van der Waals surface area contributed by atoms with E-state index in [1.165, 1.54) is 4.88 Å². The molecule has 2 aromatic rings. The minimum absolute atomic E-state index is 0.317. The van der Waals surface area contributed by atoms with Gasteiger partial charge in [0.2, 0.25) is 0 Å². The van der Waals surface area contributed by atoms with Crippen molar-refractivity contribution in [3.63, 3.8) is 0 Å². The molecule has 0 spiro atoms. The lowest BCUT2D eigenvalue weighted by Gasteiger charge is -2.09. The molecule has 0 aliphatic heterocycles. The highest BCUT2D eigenvalue weighted by Crippen LogP contribution is 2.22. The number of aromatic nitrogens is 1. The summed E-state index contributed by atoms with van der Waals surface area (Å²) in [5.74, 6) is 0. The van der Waals surface area contributed by atoms with Crippen LogP contribution in [0.25, 0.3) is 0 Å². The average Bonchev–Trinajstić information content (AvgIpc) is 2.75. The molecule has 0 fully saturated rings. The molecule has 18 heavy (non-hydrogen) atoms. The zero-order chi connectivity index (χ0) is 13.0. The first-order valence-corrected chi connectivity index (χ1v) is 7.41. The smallest absolute Gasteiger partial charge is 0.124 e. The van der Waals surface area contributed by atoms with Gasteiger partial charge in [0, 0.05) is 17.6 Å². The van der Waals surface area contributed by atoms with Gasteiger partial charge in [-0.15, -0.1) is 11.3 Å². The number of nitrogens with zero attached hydrogens (tertiary/aromatic N) is 1. The maximum Gasteiger partial charge on any atom is 0.124 e. The number of nitrogens with two attached hydrogens (primary N) is 1. The van der Waals surface area contributed by atoms with Crippen LogP contribution in [0.5, 0.6) is 0 Å². The summed E-state index contributed by atoms with van der Waals surface area (Å²) >= 11 is 10.2. The Morgan fingerprint density at radius 1 is 1.44 bits per heavy atom. The topological polar surface area (TPSA) is 50.9 Å². The predicted octanol–water partition coefficient (Wildman–Crippen LogP) is 3.19. The summed E-state index contributed by atoms with van der Waals surface area (Å²) < 4.78 is 1.16. The number of hydrogen-bond donors (Lipinski definition) is 2. The van der Waals surface area contributed by atoms with E-state index in [-0.39, 0.29) is 0 Å². The molecular weight excluding hydrogens is 330 g/mol. The lowest BCUT2D eigenvalue weighted by molar-refractivity contribution is 1.04. The molecule has 0 atom stereocenters. The normalized spacial score (nSPS) is 10.3. The molecular formula is C12H12BrN3S2. The van der Waals surface area contributed by atoms with Crippen LogP contribution < -0.4 is 11.1 Å². The fraction of sp³-hybridized carbons (Fsp3) is 0.167. The number of halogens is 1. The van der Waals surface area contributed by atoms with Gasteiger partial charge in [-0.1, -0.05) is 12.2 Å². The van der Waals surface area contributed by atoms with E-state index in [1.807, 2.05) is 12.1 Å². The molecule has 2 heterocycles. The fourth-order valence-corrected chi connectivity index (χ4v) is 3.20. The Kier molecular flexibility index (Phi) is 4.68. The zero-order valence-corrected chi connectivity index (χ0v) is 12.7. The zero-order valence-electron chi connectivity index (χ0n) is 9.52. The van der Waals surface area contributed by atoms with Gasteiger partial charge in [-0.25, -0.2) is 0 Å². The number of anilines is 1.